The number of rotatable bonds is 7. The standard InChI is InChI=1S/C13H17F2NO2/c14-11-7-10(8-12(15)9-11)13(18)16-5-3-1-2-4-6-17/h7-9,17H,1-6H2,(H,16,18). The normalized spacial score (nSPS) is 10.4. The number of benzene rings is 1. The molecule has 0 heterocycles. The van der Waals surface area contributed by atoms with Gasteiger partial charge in [0.25, 0.3) is 5.91 Å². The van der Waals surface area contributed by atoms with Crippen molar-refractivity contribution in [1.29, 1.82) is 0 Å². The van der Waals surface area contributed by atoms with Crippen molar-refractivity contribution in [2.24, 2.45) is 0 Å². The highest BCUT2D eigenvalue weighted by atomic mass is 19.1. The van der Waals surface area contributed by atoms with Crippen molar-refractivity contribution >= 4 is 5.91 Å². The van der Waals surface area contributed by atoms with Gasteiger partial charge in [0, 0.05) is 24.8 Å². The summed E-state index contributed by atoms with van der Waals surface area (Å²) in [6.45, 7) is 0.636. The summed E-state index contributed by atoms with van der Waals surface area (Å²) in [5, 5.41) is 11.2. The Hall–Kier alpha value is -1.49. The van der Waals surface area contributed by atoms with Crippen molar-refractivity contribution in [2.45, 2.75) is 25.7 Å². The summed E-state index contributed by atoms with van der Waals surface area (Å²) in [6.07, 6.45) is 3.34. The molecular weight excluding hydrogens is 240 g/mol. The largest absolute Gasteiger partial charge is 0.396 e. The van der Waals surface area contributed by atoms with E-state index in [2.05, 4.69) is 5.32 Å². The van der Waals surface area contributed by atoms with E-state index in [0.29, 0.717) is 6.54 Å². The molecule has 5 heteroatoms. The predicted octanol–water partition coefficient (Wildman–Crippen LogP) is 2.25. The first kappa shape index (κ1) is 14.6. The third-order valence-corrected chi connectivity index (χ3v) is 2.50. The number of aliphatic hydroxyl groups excluding tert-OH is 1. The fraction of sp³-hybridized carbons (Fsp3) is 0.462. The van der Waals surface area contributed by atoms with Crippen LogP contribution < -0.4 is 5.32 Å². The van der Waals surface area contributed by atoms with Crippen molar-refractivity contribution in [1.82, 2.24) is 5.32 Å². The summed E-state index contributed by atoms with van der Waals surface area (Å²) >= 11 is 0. The second kappa shape index (κ2) is 7.76. The van der Waals surface area contributed by atoms with E-state index in [0.717, 1.165) is 43.9 Å². The minimum absolute atomic E-state index is 0.0112. The molecule has 0 bridgehead atoms. The average Bonchev–Trinajstić information content (AvgIpc) is 2.32. The minimum atomic E-state index is -0.761. The summed E-state index contributed by atoms with van der Waals surface area (Å²) in [6, 6.07) is 2.74. The van der Waals surface area contributed by atoms with E-state index in [1.807, 2.05) is 0 Å². The van der Waals surface area contributed by atoms with Crippen LogP contribution in [0.2, 0.25) is 0 Å². The van der Waals surface area contributed by atoms with Crippen LogP contribution in [0.3, 0.4) is 0 Å². The van der Waals surface area contributed by atoms with Gasteiger partial charge in [0.2, 0.25) is 0 Å². The van der Waals surface area contributed by atoms with Gasteiger partial charge in [-0.1, -0.05) is 12.8 Å². The van der Waals surface area contributed by atoms with Crippen LogP contribution in [0, 0.1) is 11.6 Å². The molecule has 0 aromatic heterocycles. The Balaban J connectivity index is 2.32. The molecule has 0 fully saturated rings. The molecule has 18 heavy (non-hydrogen) atoms. The third kappa shape index (κ3) is 5.23. The summed E-state index contributed by atoms with van der Waals surface area (Å²) in [7, 11) is 0. The van der Waals surface area contributed by atoms with E-state index in [4.69, 9.17) is 5.11 Å². The Kier molecular flexibility index (Phi) is 6.28. The highest BCUT2D eigenvalue weighted by molar-refractivity contribution is 5.94. The molecule has 0 radical (unpaired) electrons. The summed E-state index contributed by atoms with van der Waals surface area (Å²) in [4.78, 5) is 11.6. The zero-order valence-corrected chi connectivity index (χ0v) is 10.1. The zero-order chi connectivity index (χ0) is 13.4. The molecule has 0 aliphatic carbocycles. The van der Waals surface area contributed by atoms with Gasteiger partial charge in [-0.3, -0.25) is 4.79 Å². The quantitative estimate of drug-likeness (QED) is 0.736. The van der Waals surface area contributed by atoms with E-state index in [1.54, 1.807) is 0 Å². The molecule has 2 N–H and O–H groups in total. The van der Waals surface area contributed by atoms with Crippen LogP contribution in [0.25, 0.3) is 0 Å². The summed E-state index contributed by atoms with van der Waals surface area (Å²) in [5.41, 5.74) is -0.0112. The number of halogens is 2. The monoisotopic (exact) mass is 257 g/mol. The number of carbonyl (C=O) groups is 1. The Bertz CT molecular complexity index is 376. The van der Waals surface area contributed by atoms with E-state index in [9.17, 15) is 13.6 Å². The van der Waals surface area contributed by atoms with Crippen LogP contribution in [0.1, 0.15) is 36.0 Å². The lowest BCUT2D eigenvalue weighted by atomic mass is 10.2. The molecule has 1 rings (SSSR count). The maximum absolute atomic E-state index is 12.9. The molecule has 0 atom stereocenters. The maximum atomic E-state index is 12.9. The number of hydrogen-bond acceptors (Lipinski definition) is 2. The molecule has 0 aliphatic heterocycles. The molecule has 0 saturated heterocycles. The molecule has 0 spiro atoms. The lowest BCUT2D eigenvalue weighted by molar-refractivity contribution is 0.0952. The SMILES string of the molecule is O=C(NCCCCCCO)c1cc(F)cc(F)c1. The predicted molar refractivity (Wildman–Crippen MR) is 64.2 cm³/mol. The van der Waals surface area contributed by atoms with Gasteiger partial charge in [0.15, 0.2) is 0 Å². The average molecular weight is 257 g/mol. The Morgan fingerprint density at radius 3 is 2.28 bits per heavy atom. The lowest BCUT2D eigenvalue weighted by Gasteiger charge is -2.05. The molecule has 1 aromatic carbocycles. The molecule has 1 amide bonds. The molecule has 1 aromatic rings. The number of hydrogen-bond donors (Lipinski definition) is 2. The Morgan fingerprint density at radius 2 is 1.67 bits per heavy atom. The Labute approximate surface area is 105 Å². The van der Waals surface area contributed by atoms with Crippen molar-refractivity contribution in [3.05, 3.63) is 35.4 Å². The first-order chi connectivity index (χ1) is 8.63. The smallest absolute Gasteiger partial charge is 0.251 e. The van der Waals surface area contributed by atoms with E-state index < -0.39 is 17.5 Å². The van der Waals surface area contributed by atoms with Gasteiger partial charge in [0.1, 0.15) is 11.6 Å². The van der Waals surface area contributed by atoms with E-state index >= 15 is 0 Å². The van der Waals surface area contributed by atoms with Gasteiger partial charge >= 0.3 is 0 Å². The first-order valence-electron chi connectivity index (χ1n) is 5.98. The molecule has 0 aliphatic rings. The second-order valence-corrected chi connectivity index (χ2v) is 4.05. The molecular formula is C13H17F2NO2. The Morgan fingerprint density at radius 1 is 1.06 bits per heavy atom. The van der Waals surface area contributed by atoms with Crippen molar-refractivity contribution in [3.63, 3.8) is 0 Å². The topological polar surface area (TPSA) is 49.3 Å². The molecule has 3 nitrogen and oxygen atoms in total. The molecule has 0 saturated carbocycles. The van der Waals surface area contributed by atoms with Gasteiger partial charge in [-0.25, -0.2) is 8.78 Å². The van der Waals surface area contributed by atoms with Crippen molar-refractivity contribution in [3.8, 4) is 0 Å². The van der Waals surface area contributed by atoms with Crippen molar-refractivity contribution in [2.75, 3.05) is 13.2 Å². The zero-order valence-electron chi connectivity index (χ0n) is 10.1. The van der Waals surface area contributed by atoms with Crippen LogP contribution in [0.4, 0.5) is 8.78 Å². The summed E-state index contributed by atoms with van der Waals surface area (Å²) in [5.74, 6) is -2.00. The fourth-order valence-electron chi connectivity index (χ4n) is 1.58. The fourth-order valence-corrected chi connectivity index (χ4v) is 1.58. The maximum Gasteiger partial charge on any atom is 0.251 e. The van der Waals surface area contributed by atoms with E-state index in [-0.39, 0.29) is 12.2 Å². The van der Waals surface area contributed by atoms with Gasteiger partial charge in [0.05, 0.1) is 0 Å². The number of carbonyl (C=O) groups excluding carboxylic acids is 1. The lowest BCUT2D eigenvalue weighted by Crippen LogP contribution is -2.24. The number of aliphatic hydroxyl groups is 1. The third-order valence-electron chi connectivity index (χ3n) is 2.50. The molecule has 100 valence electrons. The second-order valence-electron chi connectivity index (χ2n) is 4.05. The molecule has 0 unspecified atom stereocenters. The van der Waals surface area contributed by atoms with E-state index in [1.165, 1.54) is 0 Å². The van der Waals surface area contributed by atoms with Gasteiger partial charge in [-0.2, -0.15) is 0 Å². The number of unbranched alkanes of at least 4 members (excludes halogenated alkanes) is 3. The van der Waals surface area contributed by atoms with Gasteiger partial charge < -0.3 is 10.4 Å². The van der Waals surface area contributed by atoms with Crippen molar-refractivity contribution < 1.29 is 18.7 Å². The first-order valence-corrected chi connectivity index (χ1v) is 5.98. The van der Waals surface area contributed by atoms with Crippen LogP contribution in [0.5, 0.6) is 0 Å². The van der Waals surface area contributed by atoms with Crippen LogP contribution in [-0.4, -0.2) is 24.2 Å². The van der Waals surface area contributed by atoms with Crippen LogP contribution in [0.15, 0.2) is 18.2 Å². The van der Waals surface area contributed by atoms with Gasteiger partial charge in [-0.15, -0.1) is 0 Å². The van der Waals surface area contributed by atoms with Crippen LogP contribution >= 0.6 is 0 Å². The number of amides is 1. The highest BCUT2D eigenvalue weighted by Crippen LogP contribution is 2.07. The highest BCUT2D eigenvalue weighted by Gasteiger charge is 2.08. The minimum Gasteiger partial charge on any atom is -0.396 e. The summed E-state index contributed by atoms with van der Waals surface area (Å²) < 4.78 is 25.7. The number of nitrogens with one attached hydrogen (secondary N) is 1. The van der Waals surface area contributed by atoms with Crippen LogP contribution in [-0.2, 0) is 0 Å². The van der Waals surface area contributed by atoms with Gasteiger partial charge in [-0.05, 0) is 25.0 Å².